The number of rotatable bonds is 4. The van der Waals surface area contributed by atoms with E-state index in [0.717, 1.165) is 19.5 Å². The van der Waals surface area contributed by atoms with E-state index in [9.17, 15) is 9.59 Å². The first-order valence-electron chi connectivity index (χ1n) is 7.96. The van der Waals surface area contributed by atoms with Gasteiger partial charge in [0, 0.05) is 33.1 Å². The number of hydrogen-bond acceptors (Lipinski definition) is 4. The van der Waals surface area contributed by atoms with Gasteiger partial charge < -0.3 is 15.0 Å². The molecule has 2 amide bonds. The van der Waals surface area contributed by atoms with Crippen molar-refractivity contribution < 1.29 is 14.3 Å². The van der Waals surface area contributed by atoms with Crippen LogP contribution in [0.1, 0.15) is 20.3 Å². The van der Waals surface area contributed by atoms with Gasteiger partial charge in [-0.2, -0.15) is 0 Å². The Labute approximate surface area is 137 Å². The Morgan fingerprint density at radius 3 is 2.61 bits per heavy atom. The van der Waals surface area contributed by atoms with Gasteiger partial charge in [0.05, 0.1) is 18.8 Å². The quantitative estimate of drug-likeness (QED) is 0.915. The van der Waals surface area contributed by atoms with Gasteiger partial charge in [0.25, 0.3) is 0 Å². The second-order valence-electron chi connectivity index (χ2n) is 5.76. The third-order valence-corrected chi connectivity index (χ3v) is 4.27. The summed E-state index contributed by atoms with van der Waals surface area (Å²) in [5.74, 6) is 0.676. The lowest BCUT2D eigenvalue weighted by Crippen LogP contribution is -2.44. The molecule has 1 N–H and O–H groups in total. The fraction of sp³-hybridized carbons (Fsp3) is 0.529. The molecule has 0 saturated carbocycles. The zero-order valence-electron chi connectivity index (χ0n) is 14.0. The minimum absolute atomic E-state index is 0.0641. The van der Waals surface area contributed by atoms with E-state index in [0.29, 0.717) is 24.5 Å². The van der Waals surface area contributed by atoms with E-state index >= 15 is 0 Å². The Hall–Kier alpha value is -2.08. The zero-order valence-corrected chi connectivity index (χ0v) is 14.0. The summed E-state index contributed by atoms with van der Waals surface area (Å²) in [5.41, 5.74) is 0.673. The molecule has 0 spiro atoms. The summed E-state index contributed by atoms with van der Waals surface area (Å²) in [7, 11) is 1.58. The molecular formula is C17H25N3O3. The second-order valence-corrected chi connectivity index (χ2v) is 5.76. The van der Waals surface area contributed by atoms with Crippen molar-refractivity contribution in [3.63, 3.8) is 0 Å². The molecule has 1 aromatic carbocycles. The molecule has 1 fully saturated rings. The highest BCUT2D eigenvalue weighted by molar-refractivity contribution is 5.95. The Morgan fingerprint density at radius 2 is 1.91 bits per heavy atom. The van der Waals surface area contributed by atoms with Gasteiger partial charge in [0.2, 0.25) is 11.8 Å². The molecule has 6 nitrogen and oxygen atoms in total. The summed E-state index contributed by atoms with van der Waals surface area (Å²) in [4.78, 5) is 28.0. The van der Waals surface area contributed by atoms with Gasteiger partial charge in [-0.15, -0.1) is 0 Å². The van der Waals surface area contributed by atoms with E-state index < -0.39 is 0 Å². The summed E-state index contributed by atoms with van der Waals surface area (Å²) in [5, 5.41) is 2.93. The molecule has 1 saturated heterocycles. The van der Waals surface area contributed by atoms with Crippen LogP contribution < -0.4 is 10.1 Å². The third-order valence-electron chi connectivity index (χ3n) is 4.27. The first-order valence-corrected chi connectivity index (χ1v) is 7.96. The van der Waals surface area contributed by atoms with Crippen molar-refractivity contribution >= 4 is 17.5 Å². The van der Waals surface area contributed by atoms with Crippen LogP contribution in [0.3, 0.4) is 0 Å². The largest absolute Gasteiger partial charge is 0.495 e. The molecule has 0 radical (unpaired) electrons. The minimum Gasteiger partial charge on any atom is -0.495 e. The van der Waals surface area contributed by atoms with Gasteiger partial charge in [-0.3, -0.25) is 14.5 Å². The predicted molar refractivity (Wildman–Crippen MR) is 89.5 cm³/mol. The minimum atomic E-state index is -0.258. The lowest BCUT2D eigenvalue weighted by atomic mass is 10.2. The topological polar surface area (TPSA) is 61.9 Å². The van der Waals surface area contributed by atoms with Crippen molar-refractivity contribution in [1.29, 1.82) is 0 Å². The molecule has 1 heterocycles. The summed E-state index contributed by atoms with van der Waals surface area (Å²) >= 11 is 0. The standard InChI is InChI=1S/C17H25N3O3/c1-13(19-9-6-10-20(12-11-19)14(2)21)17(22)18-15-7-4-5-8-16(15)23-3/h4-5,7-8,13H,6,9-12H2,1-3H3,(H,18,22). The predicted octanol–water partition coefficient (Wildman–Crippen LogP) is 1.58. The van der Waals surface area contributed by atoms with Crippen LogP contribution in [0.2, 0.25) is 0 Å². The molecular weight excluding hydrogens is 294 g/mol. The number of ether oxygens (including phenoxy) is 1. The fourth-order valence-electron chi connectivity index (χ4n) is 2.79. The van der Waals surface area contributed by atoms with Gasteiger partial charge >= 0.3 is 0 Å². The van der Waals surface area contributed by atoms with Crippen LogP contribution in [-0.4, -0.2) is 60.9 Å². The first kappa shape index (κ1) is 17.3. The summed E-state index contributed by atoms with van der Waals surface area (Å²) in [6.07, 6.45) is 0.881. The maximum Gasteiger partial charge on any atom is 0.241 e. The van der Waals surface area contributed by atoms with Gasteiger partial charge in [0.15, 0.2) is 0 Å². The summed E-state index contributed by atoms with van der Waals surface area (Å²) in [6, 6.07) is 7.11. The van der Waals surface area contributed by atoms with E-state index in [2.05, 4.69) is 10.2 Å². The van der Waals surface area contributed by atoms with Gasteiger partial charge in [-0.1, -0.05) is 12.1 Å². The third kappa shape index (κ3) is 4.45. The molecule has 2 rings (SSSR count). The lowest BCUT2D eigenvalue weighted by molar-refractivity contribution is -0.128. The number of hydrogen-bond donors (Lipinski definition) is 1. The normalized spacial score (nSPS) is 17.3. The molecule has 1 atom stereocenters. The Bertz CT molecular complexity index is 562. The van der Waals surface area contributed by atoms with E-state index in [4.69, 9.17) is 4.74 Å². The van der Waals surface area contributed by atoms with Crippen molar-refractivity contribution in [2.45, 2.75) is 26.3 Å². The molecule has 0 aliphatic carbocycles. The van der Waals surface area contributed by atoms with E-state index in [-0.39, 0.29) is 17.9 Å². The molecule has 1 aromatic rings. The van der Waals surface area contributed by atoms with Crippen LogP contribution in [0.5, 0.6) is 5.75 Å². The number of carbonyl (C=O) groups excluding carboxylic acids is 2. The van der Waals surface area contributed by atoms with Crippen LogP contribution >= 0.6 is 0 Å². The Balaban J connectivity index is 1.98. The Kier molecular flexibility index (Phi) is 5.98. The van der Waals surface area contributed by atoms with Crippen LogP contribution in [0, 0.1) is 0 Å². The highest BCUT2D eigenvalue weighted by Gasteiger charge is 2.25. The van der Waals surface area contributed by atoms with Crippen LogP contribution in [0.4, 0.5) is 5.69 Å². The monoisotopic (exact) mass is 319 g/mol. The number of amides is 2. The molecule has 1 aliphatic rings. The van der Waals surface area contributed by atoms with E-state index in [1.54, 1.807) is 14.0 Å². The highest BCUT2D eigenvalue weighted by atomic mass is 16.5. The van der Waals surface area contributed by atoms with Crippen molar-refractivity contribution in [2.75, 3.05) is 38.6 Å². The number of nitrogens with zero attached hydrogens (tertiary/aromatic N) is 2. The number of carbonyl (C=O) groups is 2. The van der Waals surface area contributed by atoms with Crippen molar-refractivity contribution in [1.82, 2.24) is 9.80 Å². The number of benzene rings is 1. The van der Waals surface area contributed by atoms with Gasteiger partial charge in [-0.25, -0.2) is 0 Å². The number of methoxy groups -OCH3 is 1. The van der Waals surface area contributed by atoms with Crippen molar-refractivity contribution in [3.8, 4) is 5.75 Å². The molecule has 0 aromatic heterocycles. The van der Waals surface area contributed by atoms with Crippen LogP contribution in [-0.2, 0) is 9.59 Å². The van der Waals surface area contributed by atoms with E-state index in [1.807, 2.05) is 36.1 Å². The molecule has 126 valence electrons. The lowest BCUT2D eigenvalue weighted by Gasteiger charge is -2.27. The molecule has 0 bridgehead atoms. The average molecular weight is 319 g/mol. The summed E-state index contributed by atoms with van der Waals surface area (Å²) < 4.78 is 5.26. The number of para-hydroxylation sites is 2. The second kappa shape index (κ2) is 7.97. The van der Waals surface area contributed by atoms with Crippen LogP contribution in [0.15, 0.2) is 24.3 Å². The average Bonchev–Trinajstić information content (AvgIpc) is 2.80. The van der Waals surface area contributed by atoms with Gasteiger partial charge in [0.1, 0.15) is 5.75 Å². The molecule has 23 heavy (non-hydrogen) atoms. The molecule has 1 unspecified atom stereocenters. The maximum atomic E-state index is 12.5. The summed E-state index contributed by atoms with van der Waals surface area (Å²) in [6.45, 7) is 6.43. The smallest absolute Gasteiger partial charge is 0.241 e. The first-order chi connectivity index (χ1) is 11.0. The zero-order chi connectivity index (χ0) is 16.8. The number of anilines is 1. The molecule has 6 heteroatoms. The SMILES string of the molecule is COc1ccccc1NC(=O)C(C)N1CCCN(C(C)=O)CC1. The number of nitrogens with one attached hydrogen (secondary N) is 1. The maximum absolute atomic E-state index is 12.5. The molecule has 1 aliphatic heterocycles. The van der Waals surface area contributed by atoms with Crippen molar-refractivity contribution in [2.24, 2.45) is 0 Å². The van der Waals surface area contributed by atoms with Crippen LogP contribution in [0.25, 0.3) is 0 Å². The van der Waals surface area contributed by atoms with E-state index in [1.165, 1.54) is 0 Å². The highest BCUT2D eigenvalue weighted by Crippen LogP contribution is 2.23. The van der Waals surface area contributed by atoms with Crippen molar-refractivity contribution in [3.05, 3.63) is 24.3 Å². The van der Waals surface area contributed by atoms with Gasteiger partial charge in [-0.05, 0) is 25.5 Å². The fourth-order valence-corrected chi connectivity index (χ4v) is 2.79. The Morgan fingerprint density at radius 1 is 1.17 bits per heavy atom.